The van der Waals surface area contributed by atoms with Gasteiger partial charge in [0.25, 0.3) is 0 Å². The smallest absolute Gasteiger partial charge is 0.407 e. The number of carbonyl (C=O) groups is 1. The standard InChI is InChI=1S/C27H36N3O4Si/c1-27(2,3)25(34-35(4)5)23-20(19-7-6-14-28-17-19)9-10-21-22(29-33-24(21)23)11-8-18-12-15-30(16-13-18)26(31)32/h6-7,9-10,14,17-18,25H,8,11-13,15-16H2,1-5H3,(H,31,32). The Balaban J connectivity index is 1.68. The fourth-order valence-electron chi connectivity index (χ4n) is 4.95. The average molecular weight is 495 g/mol. The van der Waals surface area contributed by atoms with E-state index in [-0.39, 0.29) is 11.5 Å². The molecule has 187 valence electrons. The van der Waals surface area contributed by atoms with Gasteiger partial charge in [0.15, 0.2) is 5.58 Å². The summed E-state index contributed by atoms with van der Waals surface area (Å²) in [5.74, 6) is 0.502. The van der Waals surface area contributed by atoms with E-state index in [1.165, 1.54) is 4.90 Å². The molecule has 0 saturated carbocycles. The highest BCUT2D eigenvalue weighted by atomic mass is 28.3. The summed E-state index contributed by atoms with van der Waals surface area (Å²) in [6.45, 7) is 12.2. The van der Waals surface area contributed by atoms with Crippen molar-refractivity contribution in [2.75, 3.05) is 13.1 Å². The van der Waals surface area contributed by atoms with Crippen molar-refractivity contribution < 1.29 is 18.9 Å². The monoisotopic (exact) mass is 494 g/mol. The molecule has 4 rings (SSSR count). The number of amides is 1. The minimum atomic E-state index is -0.980. The van der Waals surface area contributed by atoms with E-state index in [0.29, 0.717) is 19.0 Å². The third-order valence-electron chi connectivity index (χ3n) is 6.80. The summed E-state index contributed by atoms with van der Waals surface area (Å²) in [6, 6.07) is 8.29. The molecule has 3 aromatic rings. The average Bonchev–Trinajstić information content (AvgIpc) is 3.24. The molecule has 35 heavy (non-hydrogen) atoms. The van der Waals surface area contributed by atoms with Crippen LogP contribution in [0.5, 0.6) is 0 Å². The lowest BCUT2D eigenvalue weighted by atomic mass is 9.81. The van der Waals surface area contributed by atoms with Gasteiger partial charge in [-0.2, -0.15) is 0 Å². The number of likely N-dealkylation sites (tertiary alicyclic amines) is 1. The van der Waals surface area contributed by atoms with Gasteiger partial charge < -0.3 is 19.0 Å². The van der Waals surface area contributed by atoms with Crippen LogP contribution in [0.3, 0.4) is 0 Å². The van der Waals surface area contributed by atoms with Gasteiger partial charge in [0, 0.05) is 42.0 Å². The zero-order valence-electron chi connectivity index (χ0n) is 21.4. The van der Waals surface area contributed by atoms with Crippen LogP contribution >= 0.6 is 0 Å². The van der Waals surface area contributed by atoms with Gasteiger partial charge in [-0.1, -0.05) is 38.1 Å². The molecule has 1 aliphatic heterocycles. The van der Waals surface area contributed by atoms with Gasteiger partial charge in [0.1, 0.15) is 0 Å². The predicted octanol–water partition coefficient (Wildman–Crippen LogP) is 6.57. The number of nitrogens with zero attached hydrogens (tertiary/aromatic N) is 3. The number of carboxylic acid groups (broad SMARTS) is 1. The summed E-state index contributed by atoms with van der Waals surface area (Å²) >= 11 is 0. The molecule has 2 aromatic heterocycles. The lowest BCUT2D eigenvalue weighted by molar-refractivity contribution is 0.0872. The van der Waals surface area contributed by atoms with E-state index >= 15 is 0 Å². The molecule has 0 aliphatic carbocycles. The molecule has 8 heteroatoms. The van der Waals surface area contributed by atoms with E-state index < -0.39 is 15.1 Å². The molecule has 3 heterocycles. The zero-order chi connectivity index (χ0) is 25.2. The van der Waals surface area contributed by atoms with E-state index in [2.05, 4.69) is 62.2 Å². The molecule has 0 spiro atoms. The van der Waals surface area contributed by atoms with Crippen molar-refractivity contribution in [1.82, 2.24) is 15.0 Å². The van der Waals surface area contributed by atoms with Crippen LogP contribution in [-0.2, 0) is 10.8 Å². The number of benzene rings is 1. The number of pyridine rings is 1. The first-order valence-electron chi connectivity index (χ1n) is 12.4. The molecule has 1 atom stereocenters. The van der Waals surface area contributed by atoms with E-state index in [1.807, 2.05) is 12.3 Å². The van der Waals surface area contributed by atoms with Crippen LogP contribution in [0.25, 0.3) is 22.1 Å². The summed E-state index contributed by atoms with van der Waals surface area (Å²) in [4.78, 5) is 17.1. The van der Waals surface area contributed by atoms with Crippen LogP contribution in [-0.4, -0.2) is 48.4 Å². The molecule has 1 saturated heterocycles. The molecule has 1 aliphatic rings. The highest BCUT2D eigenvalue weighted by Crippen LogP contribution is 2.45. The van der Waals surface area contributed by atoms with Gasteiger partial charge in [-0.3, -0.25) is 4.98 Å². The number of rotatable bonds is 7. The quantitative estimate of drug-likeness (QED) is 0.374. The van der Waals surface area contributed by atoms with Crippen molar-refractivity contribution in [2.24, 2.45) is 11.3 Å². The number of hydrogen-bond acceptors (Lipinski definition) is 5. The van der Waals surface area contributed by atoms with Gasteiger partial charge in [-0.25, -0.2) is 4.79 Å². The van der Waals surface area contributed by atoms with Crippen molar-refractivity contribution in [3.63, 3.8) is 0 Å². The lowest BCUT2D eigenvalue weighted by Gasteiger charge is -2.34. The topological polar surface area (TPSA) is 88.7 Å². The molecule has 1 unspecified atom stereocenters. The number of aromatic nitrogens is 2. The normalized spacial score (nSPS) is 16.2. The summed E-state index contributed by atoms with van der Waals surface area (Å²) in [6.07, 6.45) is 6.29. The Labute approximate surface area is 209 Å². The maximum absolute atomic E-state index is 11.2. The molecule has 0 bridgehead atoms. The minimum Gasteiger partial charge on any atom is -0.465 e. The third-order valence-corrected chi connectivity index (χ3v) is 7.51. The zero-order valence-corrected chi connectivity index (χ0v) is 22.4. The van der Waals surface area contributed by atoms with E-state index in [0.717, 1.165) is 59.0 Å². The van der Waals surface area contributed by atoms with Crippen LogP contribution < -0.4 is 0 Å². The van der Waals surface area contributed by atoms with Crippen LogP contribution in [0.2, 0.25) is 13.1 Å². The fourth-order valence-corrected chi connectivity index (χ4v) is 5.89. The number of fused-ring (bicyclic) bond motifs is 1. The highest BCUT2D eigenvalue weighted by molar-refractivity contribution is 6.48. The fraction of sp³-hybridized carbons (Fsp3) is 0.519. The first-order valence-corrected chi connectivity index (χ1v) is 14.8. The largest absolute Gasteiger partial charge is 0.465 e. The molecule has 1 fully saturated rings. The van der Waals surface area contributed by atoms with Crippen LogP contribution in [0.4, 0.5) is 4.79 Å². The van der Waals surface area contributed by atoms with Crippen molar-refractivity contribution >= 4 is 26.1 Å². The number of aryl methyl sites for hydroxylation is 1. The number of hydrogen-bond donors (Lipinski definition) is 1. The van der Waals surface area contributed by atoms with Crippen molar-refractivity contribution in [2.45, 2.75) is 65.7 Å². The van der Waals surface area contributed by atoms with Crippen molar-refractivity contribution in [3.8, 4) is 11.1 Å². The van der Waals surface area contributed by atoms with Crippen molar-refractivity contribution in [3.05, 3.63) is 47.9 Å². The Kier molecular flexibility index (Phi) is 7.61. The second-order valence-electron chi connectivity index (χ2n) is 10.8. The lowest BCUT2D eigenvalue weighted by Crippen LogP contribution is -2.37. The minimum absolute atomic E-state index is 0.141. The second kappa shape index (κ2) is 10.5. The Hall–Kier alpha value is -2.71. The van der Waals surface area contributed by atoms with Crippen LogP contribution in [0.15, 0.2) is 41.2 Å². The van der Waals surface area contributed by atoms with Gasteiger partial charge in [-0.05, 0) is 67.8 Å². The first kappa shape index (κ1) is 25.4. The SMILES string of the molecule is C[Si](C)OC(c1c(-c2cccnc2)ccc2c(CCC3CCN(C(=O)O)CC3)noc12)C(C)(C)C. The Bertz CT molecular complexity index is 1150. The van der Waals surface area contributed by atoms with E-state index in [1.54, 1.807) is 6.20 Å². The molecule has 1 aromatic carbocycles. The molecule has 1 radical (unpaired) electrons. The summed E-state index contributed by atoms with van der Waals surface area (Å²) in [5.41, 5.74) is 4.76. The molecule has 1 N–H and O–H groups in total. The van der Waals surface area contributed by atoms with E-state index in [9.17, 15) is 9.90 Å². The predicted molar refractivity (Wildman–Crippen MR) is 139 cm³/mol. The van der Waals surface area contributed by atoms with Gasteiger partial charge in [-0.15, -0.1) is 0 Å². The van der Waals surface area contributed by atoms with Crippen LogP contribution in [0, 0.1) is 11.3 Å². The highest BCUT2D eigenvalue weighted by Gasteiger charge is 2.34. The Morgan fingerprint density at radius 3 is 2.60 bits per heavy atom. The summed E-state index contributed by atoms with van der Waals surface area (Å²) in [5, 5.41) is 14.8. The van der Waals surface area contributed by atoms with Crippen LogP contribution in [0.1, 0.15) is 57.4 Å². The molecular formula is C27H36N3O4Si. The third kappa shape index (κ3) is 5.75. The van der Waals surface area contributed by atoms with Gasteiger partial charge in [0.2, 0.25) is 9.04 Å². The van der Waals surface area contributed by atoms with Gasteiger partial charge in [0.05, 0.1) is 11.8 Å². The van der Waals surface area contributed by atoms with Gasteiger partial charge >= 0.3 is 6.09 Å². The molecule has 7 nitrogen and oxygen atoms in total. The second-order valence-corrected chi connectivity index (χ2v) is 12.9. The molecular weight excluding hydrogens is 458 g/mol. The van der Waals surface area contributed by atoms with E-state index in [4.69, 9.17) is 8.95 Å². The number of piperidine rings is 1. The molecule has 1 amide bonds. The Morgan fingerprint density at radius 2 is 2.00 bits per heavy atom. The maximum Gasteiger partial charge on any atom is 0.407 e. The maximum atomic E-state index is 11.2. The Morgan fingerprint density at radius 1 is 1.26 bits per heavy atom. The van der Waals surface area contributed by atoms with Crippen molar-refractivity contribution in [1.29, 1.82) is 0 Å². The summed E-state index contributed by atoms with van der Waals surface area (Å²) in [7, 11) is -0.980. The first-order chi connectivity index (χ1) is 16.6. The summed E-state index contributed by atoms with van der Waals surface area (Å²) < 4.78 is 12.7.